The highest BCUT2D eigenvalue weighted by Gasteiger charge is 2.17. The van der Waals surface area contributed by atoms with E-state index in [-0.39, 0.29) is 5.91 Å². The zero-order valence-electron chi connectivity index (χ0n) is 14.3. The number of aryl methyl sites for hydroxylation is 1. The Kier molecular flexibility index (Phi) is 6.01. The lowest BCUT2D eigenvalue weighted by atomic mass is 10.3. The average molecular weight is 455 g/mol. The lowest BCUT2D eigenvalue weighted by Gasteiger charge is -2.16. The third-order valence-corrected chi connectivity index (χ3v) is 5.67. The molecule has 26 heavy (non-hydrogen) atoms. The van der Waals surface area contributed by atoms with Crippen LogP contribution in [0.1, 0.15) is 20.9 Å². The van der Waals surface area contributed by atoms with Gasteiger partial charge in [-0.1, -0.05) is 17.7 Å². The van der Waals surface area contributed by atoms with Gasteiger partial charge < -0.3 is 9.64 Å². The van der Waals surface area contributed by atoms with Gasteiger partial charge in [-0.15, -0.1) is 11.3 Å². The molecule has 0 bridgehead atoms. The molecule has 0 radical (unpaired) electrons. The van der Waals surface area contributed by atoms with Gasteiger partial charge in [0.05, 0.1) is 27.8 Å². The molecular weight excluding hydrogens is 438 g/mol. The number of hydrogen-bond acceptors (Lipinski definition) is 4. The minimum atomic E-state index is -0.0305. The molecule has 136 valence electrons. The van der Waals surface area contributed by atoms with E-state index >= 15 is 0 Å². The highest BCUT2D eigenvalue weighted by molar-refractivity contribution is 9.10. The number of aromatic nitrogens is 2. The first-order valence-corrected chi connectivity index (χ1v) is 9.86. The van der Waals surface area contributed by atoms with Crippen LogP contribution in [-0.4, -0.2) is 27.6 Å². The van der Waals surface area contributed by atoms with Gasteiger partial charge in [-0.25, -0.2) is 0 Å². The maximum Gasteiger partial charge on any atom is 0.264 e. The van der Waals surface area contributed by atoms with E-state index in [0.29, 0.717) is 28.8 Å². The quantitative estimate of drug-likeness (QED) is 0.540. The minimum Gasteiger partial charge on any atom is -0.489 e. The first-order chi connectivity index (χ1) is 12.4. The molecule has 5 nitrogen and oxygen atoms in total. The summed E-state index contributed by atoms with van der Waals surface area (Å²) in [7, 11) is 3.64. The van der Waals surface area contributed by atoms with Gasteiger partial charge in [0.25, 0.3) is 5.91 Å². The largest absolute Gasteiger partial charge is 0.489 e. The summed E-state index contributed by atoms with van der Waals surface area (Å²) in [5.41, 5.74) is 1.90. The van der Waals surface area contributed by atoms with Crippen LogP contribution in [0.3, 0.4) is 0 Å². The number of hydrogen-bond donors (Lipinski definition) is 0. The molecule has 0 spiro atoms. The topological polar surface area (TPSA) is 47.4 Å². The highest BCUT2D eigenvalue weighted by Crippen LogP contribution is 2.22. The number of carbonyl (C=O) groups excluding carboxylic acids is 1. The molecule has 3 aromatic rings. The Bertz CT molecular complexity index is 905. The maximum absolute atomic E-state index is 12.7. The second-order valence-electron chi connectivity index (χ2n) is 5.79. The third kappa shape index (κ3) is 4.47. The number of nitrogens with zero attached hydrogens (tertiary/aromatic N) is 3. The zero-order chi connectivity index (χ0) is 18.7. The molecule has 2 heterocycles. The monoisotopic (exact) mass is 453 g/mol. The number of carbonyl (C=O) groups is 1. The molecule has 0 aliphatic carbocycles. The normalized spacial score (nSPS) is 10.8. The number of rotatable bonds is 6. The number of ether oxygens (including phenoxy) is 1. The summed E-state index contributed by atoms with van der Waals surface area (Å²) in [6, 6.07) is 9.12. The van der Waals surface area contributed by atoms with E-state index in [0.717, 1.165) is 15.7 Å². The van der Waals surface area contributed by atoms with Gasteiger partial charge in [-0.3, -0.25) is 9.48 Å². The second-order valence-corrected chi connectivity index (χ2v) is 7.99. The first-order valence-electron chi connectivity index (χ1n) is 7.81. The Balaban J connectivity index is 1.62. The zero-order valence-corrected chi connectivity index (χ0v) is 17.4. The molecule has 0 aliphatic heterocycles. The standard InChI is InChI=1S/C18H17BrClN3O2S/c1-22(9-16-15(19)8-21-23(16)2)18(24)17-6-12(11-26-17)10-25-14-5-3-4-13(20)7-14/h3-8,11H,9-10H2,1-2H3. The van der Waals surface area contributed by atoms with Gasteiger partial charge in [0.15, 0.2) is 0 Å². The van der Waals surface area contributed by atoms with Crippen LogP contribution in [-0.2, 0) is 20.2 Å². The average Bonchev–Trinajstić information content (AvgIpc) is 3.21. The van der Waals surface area contributed by atoms with E-state index in [1.54, 1.807) is 35.0 Å². The van der Waals surface area contributed by atoms with Gasteiger partial charge in [0, 0.05) is 24.7 Å². The Morgan fingerprint density at radius 1 is 1.42 bits per heavy atom. The predicted octanol–water partition coefficient (Wildman–Crippen LogP) is 4.75. The van der Waals surface area contributed by atoms with Crippen LogP contribution in [0.4, 0.5) is 0 Å². The van der Waals surface area contributed by atoms with Crippen molar-refractivity contribution in [2.75, 3.05) is 7.05 Å². The van der Waals surface area contributed by atoms with Crippen LogP contribution in [0.25, 0.3) is 0 Å². The summed E-state index contributed by atoms with van der Waals surface area (Å²) >= 11 is 10.8. The predicted molar refractivity (Wildman–Crippen MR) is 107 cm³/mol. The van der Waals surface area contributed by atoms with Crippen molar-refractivity contribution in [1.29, 1.82) is 0 Å². The fourth-order valence-corrected chi connectivity index (χ4v) is 3.93. The van der Waals surface area contributed by atoms with Crippen LogP contribution in [0, 0.1) is 0 Å². The summed E-state index contributed by atoms with van der Waals surface area (Å²) in [5, 5.41) is 6.74. The molecule has 2 aromatic heterocycles. The third-order valence-electron chi connectivity index (χ3n) is 3.81. The van der Waals surface area contributed by atoms with Crippen molar-refractivity contribution in [1.82, 2.24) is 14.7 Å². The van der Waals surface area contributed by atoms with E-state index in [9.17, 15) is 4.79 Å². The molecular formula is C18H17BrClN3O2S. The molecule has 3 rings (SSSR count). The van der Waals surface area contributed by atoms with Gasteiger partial charge in [0.1, 0.15) is 12.4 Å². The van der Waals surface area contributed by atoms with E-state index in [2.05, 4.69) is 21.0 Å². The number of halogens is 2. The smallest absolute Gasteiger partial charge is 0.264 e. The molecule has 0 atom stereocenters. The van der Waals surface area contributed by atoms with Crippen LogP contribution >= 0.6 is 38.9 Å². The van der Waals surface area contributed by atoms with Crippen LogP contribution in [0.5, 0.6) is 5.75 Å². The molecule has 0 aliphatic rings. The van der Waals surface area contributed by atoms with E-state index in [1.807, 2.05) is 30.6 Å². The molecule has 1 amide bonds. The second kappa shape index (κ2) is 8.24. The molecule has 1 aromatic carbocycles. The number of thiophene rings is 1. The SMILES string of the molecule is CN(Cc1c(Br)cnn1C)C(=O)c1cc(COc2cccc(Cl)c2)cs1. The molecule has 0 N–H and O–H groups in total. The van der Waals surface area contributed by atoms with E-state index in [1.165, 1.54) is 11.3 Å². The van der Waals surface area contributed by atoms with Crippen LogP contribution < -0.4 is 4.74 Å². The van der Waals surface area contributed by atoms with Gasteiger partial charge in [-0.2, -0.15) is 5.10 Å². The molecule has 0 saturated carbocycles. The summed E-state index contributed by atoms with van der Waals surface area (Å²) in [6.07, 6.45) is 1.73. The van der Waals surface area contributed by atoms with E-state index < -0.39 is 0 Å². The molecule has 0 saturated heterocycles. The van der Waals surface area contributed by atoms with E-state index in [4.69, 9.17) is 16.3 Å². The van der Waals surface area contributed by atoms with Crippen molar-refractivity contribution in [2.45, 2.75) is 13.2 Å². The molecule has 8 heteroatoms. The van der Waals surface area contributed by atoms with Crippen LogP contribution in [0.15, 0.2) is 46.4 Å². The summed E-state index contributed by atoms with van der Waals surface area (Å²) in [6.45, 7) is 0.864. The Morgan fingerprint density at radius 3 is 2.92 bits per heavy atom. The van der Waals surface area contributed by atoms with Crippen molar-refractivity contribution >= 4 is 44.8 Å². The lowest BCUT2D eigenvalue weighted by molar-refractivity contribution is 0.0786. The van der Waals surface area contributed by atoms with Gasteiger partial charge in [0.2, 0.25) is 0 Å². The Morgan fingerprint density at radius 2 is 2.23 bits per heavy atom. The van der Waals surface area contributed by atoms with Crippen molar-refractivity contribution in [3.8, 4) is 5.75 Å². The summed E-state index contributed by atoms with van der Waals surface area (Å²) in [5.74, 6) is 0.673. The lowest BCUT2D eigenvalue weighted by Crippen LogP contribution is -2.26. The first kappa shape index (κ1) is 18.9. The summed E-state index contributed by atoms with van der Waals surface area (Å²) < 4.78 is 8.37. The highest BCUT2D eigenvalue weighted by atomic mass is 79.9. The number of benzene rings is 1. The van der Waals surface area contributed by atoms with Crippen molar-refractivity contribution in [2.24, 2.45) is 7.05 Å². The van der Waals surface area contributed by atoms with Gasteiger partial charge >= 0.3 is 0 Å². The van der Waals surface area contributed by atoms with Gasteiger partial charge in [-0.05, 0) is 45.6 Å². The minimum absolute atomic E-state index is 0.0305. The van der Waals surface area contributed by atoms with Crippen molar-refractivity contribution < 1.29 is 9.53 Å². The summed E-state index contributed by atoms with van der Waals surface area (Å²) in [4.78, 5) is 15.0. The Hall–Kier alpha value is -1.83. The van der Waals surface area contributed by atoms with Crippen molar-refractivity contribution in [3.63, 3.8) is 0 Å². The number of amides is 1. The fraction of sp³-hybridized carbons (Fsp3) is 0.222. The molecule has 0 fully saturated rings. The van der Waals surface area contributed by atoms with Crippen molar-refractivity contribution in [3.05, 3.63) is 67.5 Å². The Labute approximate surface area is 169 Å². The maximum atomic E-state index is 12.7. The molecule has 0 unspecified atom stereocenters. The fourth-order valence-electron chi connectivity index (χ4n) is 2.39. The van der Waals surface area contributed by atoms with Crippen LogP contribution in [0.2, 0.25) is 5.02 Å².